The Balaban J connectivity index is 2.17. The fourth-order valence-corrected chi connectivity index (χ4v) is 1.36. The van der Waals surface area contributed by atoms with E-state index in [4.69, 9.17) is 4.74 Å². The lowest BCUT2D eigenvalue weighted by atomic mass is 10.2. The molecule has 0 bridgehead atoms. The zero-order chi connectivity index (χ0) is 11.1. The first-order valence-electron chi connectivity index (χ1n) is 5.59. The van der Waals surface area contributed by atoms with Crippen molar-refractivity contribution in [1.82, 2.24) is 5.32 Å². The van der Waals surface area contributed by atoms with Gasteiger partial charge in [-0.25, -0.2) is 0 Å². The van der Waals surface area contributed by atoms with Crippen LogP contribution in [0.5, 0.6) is 5.75 Å². The van der Waals surface area contributed by atoms with Crippen LogP contribution in [0.1, 0.15) is 25.3 Å². The first-order valence-corrected chi connectivity index (χ1v) is 5.59. The molecule has 0 fully saturated rings. The van der Waals surface area contributed by atoms with E-state index in [2.05, 4.69) is 31.3 Å². The summed E-state index contributed by atoms with van der Waals surface area (Å²) in [5.41, 5.74) is 1.27. The number of ether oxygens (including phenoxy) is 1. The van der Waals surface area contributed by atoms with Gasteiger partial charge in [0.2, 0.25) is 0 Å². The van der Waals surface area contributed by atoms with Gasteiger partial charge >= 0.3 is 0 Å². The average Bonchev–Trinajstić information content (AvgIpc) is 2.26. The van der Waals surface area contributed by atoms with E-state index in [9.17, 15) is 0 Å². The van der Waals surface area contributed by atoms with Crippen LogP contribution in [0.2, 0.25) is 0 Å². The summed E-state index contributed by atoms with van der Waals surface area (Å²) in [4.78, 5) is 0. The molecule has 2 heteroatoms. The maximum atomic E-state index is 5.63. The van der Waals surface area contributed by atoms with Crippen molar-refractivity contribution in [3.05, 3.63) is 29.8 Å². The molecule has 0 heterocycles. The summed E-state index contributed by atoms with van der Waals surface area (Å²) >= 11 is 0. The van der Waals surface area contributed by atoms with Gasteiger partial charge in [0.05, 0.1) is 6.61 Å². The predicted molar refractivity (Wildman–Crippen MR) is 64.4 cm³/mol. The molecular weight excluding hydrogens is 186 g/mol. The van der Waals surface area contributed by atoms with Gasteiger partial charge in [0, 0.05) is 6.04 Å². The van der Waals surface area contributed by atoms with Gasteiger partial charge in [0.1, 0.15) is 5.75 Å². The predicted octanol–water partition coefficient (Wildman–Crippen LogP) is 2.76. The lowest BCUT2D eigenvalue weighted by molar-refractivity contribution is 0.299. The first kappa shape index (κ1) is 12.1. The molecule has 0 radical (unpaired) electrons. The molecule has 84 valence electrons. The minimum atomic E-state index is 0.576. The summed E-state index contributed by atoms with van der Waals surface area (Å²) in [5, 5.41) is 3.22. The SMILES string of the molecule is CNC(C)CCCOc1ccc(C)cc1. The highest BCUT2D eigenvalue weighted by Gasteiger charge is 1.98. The third kappa shape index (κ3) is 4.84. The molecule has 0 aliphatic carbocycles. The van der Waals surface area contributed by atoms with Gasteiger partial charge in [-0.1, -0.05) is 17.7 Å². The summed E-state index contributed by atoms with van der Waals surface area (Å²) < 4.78 is 5.63. The van der Waals surface area contributed by atoms with Crippen molar-refractivity contribution >= 4 is 0 Å². The van der Waals surface area contributed by atoms with Gasteiger partial charge in [-0.2, -0.15) is 0 Å². The number of hydrogen-bond acceptors (Lipinski definition) is 2. The van der Waals surface area contributed by atoms with Crippen LogP contribution in [0.25, 0.3) is 0 Å². The van der Waals surface area contributed by atoms with E-state index in [1.807, 2.05) is 19.2 Å². The number of benzene rings is 1. The maximum Gasteiger partial charge on any atom is 0.119 e. The molecule has 1 aromatic rings. The van der Waals surface area contributed by atoms with Crippen molar-refractivity contribution in [3.63, 3.8) is 0 Å². The first-order chi connectivity index (χ1) is 7.22. The fourth-order valence-electron chi connectivity index (χ4n) is 1.36. The highest BCUT2D eigenvalue weighted by atomic mass is 16.5. The van der Waals surface area contributed by atoms with Gasteiger partial charge in [0.15, 0.2) is 0 Å². The topological polar surface area (TPSA) is 21.3 Å². The van der Waals surface area contributed by atoms with Crippen LogP contribution in [-0.4, -0.2) is 19.7 Å². The van der Waals surface area contributed by atoms with E-state index in [-0.39, 0.29) is 0 Å². The second-order valence-corrected chi connectivity index (χ2v) is 3.99. The average molecular weight is 207 g/mol. The quantitative estimate of drug-likeness (QED) is 0.724. The fraction of sp³-hybridized carbons (Fsp3) is 0.538. The minimum Gasteiger partial charge on any atom is -0.494 e. The van der Waals surface area contributed by atoms with Crippen molar-refractivity contribution in [3.8, 4) is 5.75 Å². The van der Waals surface area contributed by atoms with Crippen LogP contribution in [0.4, 0.5) is 0 Å². The standard InChI is InChI=1S/C13H21NO/c1-11-6-8-13(9-7-11)15-10-4-5-12(2)14-3/h6-9,12,14H,4-5,10H2,1-3H3. The Morgan fingerprint density at radius 3 is 2.53 bits per heavy atom. The molecule has 1 atom stereocenters. The maximum absolute atomic E-state index is 5.63. The molecule has 0 amide bonds. The number of nitrogens with one attached hydrogen (secondary N) is 1. The van der Waals surface area contributed by atoms with Crippen LogP contribution in [-0.2, 0) is 0 Å². The lowest BCUT2D eigenvalue weighted by Gasteiger charge is -2.10. The molecule has 0 aliphatic heterocycles. The van der Waals surface area contributed by atoms with Gasteiger partial charge in [0.25, 0.3) is 0 Å². The Morgan fingerprint density at radius 2 is 1.93 bits per heavy atom. The second-order valence-electron chi connectivity index (χ2n) is 3.99. The molecule has 0 saturated carbocycles. The molecule has 0 saturated heterocycles. The Kier molecular flexibility index (Phi) is 5.19. The minimum absolute atomic E-state index is 0.576. The summed E-state index contributed by atoms with van der Waals surface area (Å²) in [7, 11) is 1.99. The van der Waals surface area contributed by atoms with Crippen LogP contribution >= 0.6 is 0 Å². The van der Waals surface area contributed by atoms with Crippen molar-refractivity contribution < 1.29 is 4.74 Å². The van der Waals surface area contributed by atoms with Crippen molar-refractivity contribution in [2.45, 2.75) is 32.7 Å². The van der Waals surface area contributed by atoms with Gasteiger partial charge < -0.3 is 10.1 Å². The third-order valence-electron chi connectivity index (χ3n) is 2.56. The smallest absolute Gasteiger partial charge is 0.119 e. The monoisotopic (exact) mass is 207 g/mol. The molecule has 2 nitrogen and oxygen atoms in total. The summed E-state index contributed by atoms with van der Waals surface area (Å²) in [6.45, 7) is 5.07. The van der Waals surface area contributed by atoms with Crippen LogP contribution in [0, 0.1) is 6.92 Å². The van der Waals surface area contributed by atoms with Crippen molar-refractivity contribution in [1.29, 1.82) is 0 Å². The Labute approximate surface area is 92.6 Å². The van der Waals surface area contributed by atoms with Gasteiger partial charge in [-0.3, -0.25) is 0 Å². The van der Waals surface area contributed by atoms with E-state index in [1.165, 1.54) is 5.56 Å². The Bertz CT molecular complexity index is 268. The Hall–Kier alpha value is -1.02. The molecule has 1 unspecified atom stereocenters. The van der Waals surface area contributed by atoms with Crippen LogP contribution in [0.15, 0.2) is 24.3 Å². The molecule has 0 spiro atoms. The van der Waals surface area contributed by atoms with Crippen molar-refractivity contribution in [2.75, 3.05) is 13.7 Å². The van der Waals surface area contributed by atoms with E-state index in [0.717, 1.165) is 25.2 Å². The number of hydrogen-bond donors (Lipinski definition) is 1. The normalized spacial score (nSPS) is 12.5. The molecule has 0 aromatic heterocycles. The van der Waals surface area contributed by atoms with Crippen LogP contribution in [0.3, 0.4) is 0 Å². The van der Waals surface area contributed by atoms with E-state index >= 15 is 0 Å². The number of rotatable bonds is 6. The highest BCUT2D eigenvalue weighted by Crippen LogP contribution is 2.11. The molecule has 1 rings (SSSR count). The number of aryl methyl sites for hydroxylation is 1. The highest BCUT2D eigenvalue weighted by molar-refractivity contribution is 5.26. The summed E-state index contributed by atoms with van der Waals surface area (Å²) in [5.74, 6) is 0.970. The van der Waals surface area contributed by atoms with E-state index in [1.54, 1.807) is 0 Å². The van der Waals surface area contributed by atoms with E-state index < -0.39 is 0 Å². The van der Waals surface area contributed by atoms with E-state index in [0.29, 0.717) is 6.04 Å². The second kappa shape index (κ2) is 6.46. The molecule has 15 heavy (non-hydrogen) atoms. The van der Waals surface area contributed by atoms with Gasteiger partial charge in [-0.05, 0) is 45.9 Å². The largest absolute Gasteiger partial charge is 0.494 e. The van der Waals surface area contributed by atoms with Crippen molar-refractivity contribution in [2.24, 2.45) is 0 Å². The molecular formula is C13H21NO. The molecule has 1 aromatic carbocycles. The third-order valence-corrected chi connectivity index (χ3v) is 2.56. The molecule has 0 aliphatic rings. The summed E-state index contributed by atoms with van der Waals surface area (Å²) in [6.07, 6.45) is 2.25. The Morgan fingerprint density at radius 1 is 1.27 bits per heavy atom. The van der Waals surface area contributed by atoms with Crippen LogP contribution < -0.4 is 10.1 Å². The lowest BCUT2D eigenvalue weighted by Crippen LogP contribution is -2.21. The molecule has 1 N–H and O–H groups in total. The zero-order valence-electron chi connectivity index (χ0n) is 9.92. The summed E-state index contributed by atoms with van der Waals surface area (Å²) in [6, 6.07) is 8.77. The zero-order valence-corrected chi connectivity index (χ0v) is 9.92. The van der Waals surface area contributed by atoms with Gasteiger partial charge in [-0.15, -0.1) is 0 Å².